The van der Waals surface area contributed by atoms with E-state index in [-0.39, 0.29) is 12.4 Å². The molecule has 0 bridgehead atoms. The third-order valence-electron chi connectivity index (χ3n) is 5.11. The van der Waals surface area contributed by atoms with Crippen LogP contribution in [0, 0.1) is 5.92 Å². The van der Waals surface area contributed by atoms with Crippen LogP contribution in [-0.4, -0.2) is 37.7 Å². The number of anilines is 1. The first-order valence-corrected chi connectivity index (χ1v) is 11.6. The molecule has 1 N–H and O–H groups in total. The highest BCUT2D eigenvalue weighted by molar-refractivity contribution is 7.17. The first-order valence-electron chi connectivity index (χ1n) is 10.8. The van der Waals surface area contributed by atoms with Crippen molar-refractivity contribution in [2.45, 2.75) is 39.7 Å². The Morgan fingerprint density at radius 3 is 2.62 bits per heavy atom. The van der Waals surface area contributed by atoms with Gasteiger partial charge in [0.2, 0.25) is 0 Å². The Kier molecular flexibility index (Phi) is 8.75. The van der Waals surface area contributed by atoms with Crippen molar-refractivity contribution in [3.63, 3.8) is 0 Å². The van der Waals surface area contributed by atoms with Gasteiger partial charge in [-0.3, -0.25) is 4.79 Å². The van der Waals surface area contributed by atoms with Gasteiger partial charge in [0, 0.05) is 11.0 Å². The smallest absolute Gasteiger partial charge is 0.387 e. The number of hydrogen-bond donors (Lipinski definition) is 1. The van der Waals surface area contributed by atoms with Crippen LogP contribution >= 0.6 is 11.3 Å². The molecule has 182 valence electrons. The van der Waals surface area contributed by atoms with Gasteiger partial charge in [-0.05, 0) is 61.4 Å². The quantitative estimate of drug-likeness (QED) is 0.397. The summed E-state index contributed by atoms with van der Waals surface area (Å²) in [5, 5.41) is 3.08. The molecule has 1 amide bonds. The van der Waals surface area contributed by atoms with E-state index in [0.29, 0.717) is 22.0 Å². The highest BCUT2D eigenvalue weighted by Crippen LogP contribution is 2.40. The fourth-order valence-electron chi connectivity index (χ4n) is 3.53. The first kappa shape index (κ1) is 25.4. The molecule has 10 heteroatoms. The van der Waals surface area contributed by atoms with Crippen molar-refractivity contribution in [2.24, 2.45) is 5.92 Å². The van der Waals surface area contributed by atoms with Crippen LogP contribution in [-0.2, 0) is 31.9 Å². The van der Waals surface area contributed by atoms with Gasteiger partial charge in [0.25, 0.3) is 5.91 Å². The minimum atomic E-state index is -2.92. The van der Waals surface area contributed by atoms with Crippen LogP contribution in [0.1, 0.15) is 46.6 Å². The van der Waals surface area contributed by atoms with Gasteiger partial charge in [-0.15, -0.1) is 11.3 Å². The number of nitrogens with one attached hydrogen (secondary N) is 1. The number of rotatable bonds is 9. The molecule has 0 aliphatic heterocycles. The zero-order chi connectivity index (χ0) is 24.7. The lowest BCUT2D eigenvalue weighted by molar-refractivity contribution is -0.142. The van der Waals surface area contributed by atoms with Crippen LogP contribution in [0.15, 0.2) is 30.3 Å². The highest BCUT2D eigenvalue weighted by atomic mass is 32.1. The molecule has 0 fully saturated rings. The second kappa shape index (κ2) is 11.7. The molecular formula is C24H25F2NO6S. The van der Waals surface area contributed by atoms with E-state index in [2.05, 4.69) is 17.0 Å². The van der Waals surface area contributed by atoms with Crippen LogP contribution in [0.4, 0.5) is 13.8 Å². The van der Waals surface area contributed by atoms with Crippen molar-refractivity contribution in [3.05, 3.63) is 51.9 Å². The minimum absolute atomic E-state index is 0.00157. The van der Waals surface area contributed by atoms with Crippen LogP contribution in [0.2, 0.25) is 0 Å². The summed E-state index contributed by atoms with van der Waals surface area (Å²) in [6.07, 6.45) is 5.06. The number of hydrogen-bond acceptors (Lipinski definition) is 7. The third-order valence-corrected chi connectivity index (χ3v) is 6.28. The number of carbonyl (C=O) groups is 3. The summed E-state index contributed by atoms with van der Waals surface area (Å²) in [5.41, 5.74) is 1.86. The van der Waals surface area contributed by atoms with Gasteiger partial charge in [0.1, 0.15) is 10.8 Å². The molecule has 0 saturated heterocycles. The average Bonchev–Trinajstić information content (AvgIpc) is 3.13. The zero-order valence-electron chi connectivity index (χ0n) is 18.8. The molecule has 1 heterocycles. The SMILES string of the molecule is CCOC(=O)c1c(NC(=O)COC(=O)C=Cc2ccc(OC(F)F)cc2)sc2c1CCC(C)C2. The molecule has 1 aromatic carbocycles. The molecule has 1 unspecified atom stereocenters. The second-order valence-electron chi connectivity index (χ2n) is 7.71. The van der Waals surface area contributed by atoms with Crippen LogP contribution in [0.3, 0.4) is 0 Å². The fraction of sp³-hybridized carbons (Fsp3) is 0.375. The summed E-state index contributed by atoms with van der Waals surface area (Å²) in [5.74, 6) is -1.32. The topological polar surface area (TPSA) is 90.9 Å². The zero-order valence-corrected chi connectivity index (χ0v) is 19.6. The van der Waals surface area contributed by atoms with Gasteiger partial charge >= 0.3 is 18.6 Å². The predicted octanol–water partition coefficient (Wildman–Crippen LogP) is 4.85. The highest BCUT2D eigenvalue weighted by Gasteiger charge is 2.29. The van der Waals surface area contributed by atoms with Gasteiger partial charge in [-0.1, -0.05) is 19.1 Å². The normalized spacial score (nSPS) is 15.1. The summed E-state index contributed by atoms with van der Waals surface area (Å²) in [4.78, 5) is 37.9. The first-order chi connectivity index (χ1) is 16.3. The molecule has 0 spiro atoms. The average molecular weight is 494 g/mol. The van der Waals surface area contributed by atoms with E-state index < -0.39 is 31.1 Å². The van der Waals surface area contributed by atoms with E-state index in [1.54, 1.807) is 6.92 Å². The van der Waals surface area contributed by atoms with E-state index in [9.17, 15) is 23.2 Å². The summed E-state index contributed by atoms with van der Waals surface area (Å²) < 4.78 is 38.8. The Hall–Kier alpha value is -3.27. The number of carbonyl (C=O) groups excluding carboxylic acids is 3. The molecule has 2 aromatic rings. The summed E-state index contributed by atoms with van der Waals surface area (Å²) in [6.45, 7) is 0.628. The monoisotopic (exact) mass is 493 g/mol. The number of ether oxygens (including phenoxy) is 3. The maximum absolute atomic E-state index is 12.5. The Morgan fingerprint density at radius 1 is 1.21 bits per heavy atom. The Labute approximate surface area is 199 Å². The lowest BCUT2D eigenvalue weighted by atomic mass is 9.88. The van der Waals surface area contributed by atoms with Gasteiger partial charge in [-0.25, -0.2) is 9.59 Å². The van der Waals surface area contributed by atoms with Gasteiger partial charge in [0.05, 0.1) is 12.2 Å². The van der Waals surface area contributed by atoms with Crippen molar-refractivity contribution in [1.82, 2.24) is 0 Å². The molecule has 7 nitrogen and oxygen atoms in total. The van der Waals surface area contributed by atoms with E-state index in [0.717, 1.165) is 35.8 Å². The fourth-order valence-corrected chi connectivity index (χ4v) is 4.95. The minimum Gasteiger partial charge on any atom is -0.462 e. The van der Waals surface area contributed by atoms with Crippen molar-refractivity contribution >= 4 is 40.3 Å². The number of amides is 1. The molecule has 0 radical (unpaired) electrons. The molecule has 0 saturated carbocycles. The third kappa shape index (κ3) is 6.86. The number of alkyl halides is 2. The van der Waals surface area contributed by atoms with Gasteiger partial charge in [0.15, 0.2) is 6.61 Å². The second-order valence-corrected chi connectivity index (χ2v) is 8.82. The Morgan fingerprint density at radius 2 is 1.94 bits per heavy atom. The predicted molar refractivity (Wildman–Crippen MR) is 123 cm³/mol. The van der Waals surface area contributed by atoms with Crippen LogP contribution in [0.5, 0.6) is 5.75 Å². The van der Waals surface area contributed by atoms with E-state index in [1.807, 2.05) is 0 Å². The maximum Gasteiger partial charge on any atom is 0.387 e. The lowest BCUT2D eigenvalue weighted by Crippen LogP contribution is -2.21. The molecular weight excluding hydrogens is 468 g/mol. The van der Waals surface area contributed by atoms with Crippen molar-refractivity contribution in [2.75, 3.05) is 18.5 Å². The van der Waals surface area contributed by atoms with Gasteiger partial charge < -0.3 is 19.5 Å². The molecule has 3 rings (SSSR count). The van der Waals surface area contributed by atoms with Crippen molar-refractivity contribution in [1.29, 1.82) is 0 Å². The summed E-state index contributed by atoms with van der Waals surface area (Å²) in [6, 6.07) is 5.66. The maximum atomic E-state index is 12.5. The number of esters is 2. The van der Waals surface area contributed by atoms with Crippen molar-refractivity contribution < 1.29 is 37.4 Å². The molecule has 1 aliphatic carbocycles. The molecule has 1 aliphatic rings. The van der Waals surface area contributed by atoms with E-state index >= 15 is 0 Å². The largest absolute Gasteiger partial charge is 0.462 e. The van der Waals surface area contributed by atoms with Crippen LogP contribution < -0.4 is 10.1 Å². The van der Waals surface area contributed by atoms with Crippen LogP contribution in [0.25, 0.3) is 6.08 Å². The molecule has 1 atom stereocenters. The van der Waals surface area contributed by atoms with Gasteiger partial charge in [-0.2, -0.15) is 8.78 Å². The number of thiophene rings is 1. The number of benzene rings is 1. The molecule has 1 aromatic heterocycles. The van der Waals surface area contributed by atoms with E-state index in [1.165, 1.54) is 41.7 Å². The van der Waals surface area contributed by atoms with E-state index in [4.69, 9.17) is 9.47 Å². The summed E-state index contributed by atoms with van der Waals surface area (Å²) in [7, 11) is 0. The number of fused-ring (bicyclic) bond motifs is 1. The van der Waals surface area contributed by atoms with Crippen molar-refractivity contribution in [3.8, 4) is 5.75 Å². The molecule has 34 heavy (non-hydrogen) atoms. The standard InChI is InChI=1S/C24H25F2NO6S/c1-3-31-23(30)21-17-10-4-14(2)12-18(17)34-22(21)27-19(28)13-32-20(29)11-7-15-5-8-16(9-6-15)33-24(25)26/h5-9,11,14,24H,3-4,10,12-13H2,1-2H3,(H,27,28). The Balaban J connectivity index is 1.58. The lowest BCUT2D eigenvalue weighted by Gasteiger charge is -2.18. The Bertz CT molecular complexity index is 1060. The number of halogens is 2. The summed E-state index contributed by atoms with van der Waals surface area (Å²) >= 11 is 1.35.